The predicted octanol–water partition coefficient (Wildman–Crippen LogP) is 1.35. The van der Waals surface area contributed by atoms with Crippen LogP contribution in [0.25, 0.3) is 0 Å². The first-order valence-electron chi connectivity index (χ1n) is 6.40. The molecule has 1 heterocycles. The number of para-hydroxylation sites is 2. The first kappa shape index (κ1) is 14.7. The molecule has 0 saturated heterocycles. The summed E-state index contributed by atoms with van der Waals surface area (Å²) in [5.41, 5.74) is 0.605. The van der Waals surface area contributed by atoms with Crippen molar-refractivity contribution in [2.24, 2.45) is 0 Å². The van der Waals surface area contributed by atoms with E-state index in [2.05, 4.69) is 5.32 Å². The van der Waals surface area contributed by atoms with Crippen LogP contribution in [0.2, 0.25) is 0 Å². The molecule has 2 rings (SSSR count). The van der Waals surface area contributed by atoms with E-state index in [1.165, 1.54) is 6.92 Å². The van der Waals surface area contributed by atoms with Gasteiger partial charge in [-0.3, -0.25) is 14.8 Å². The van der Waals surface area contributed by atoms with Crippen LogP contribution in [0.4, 0.5) is 11.4 Å². The highest BCUT2D eigenvalue weighted by Gasteiger charge is 2.20. The summed E-state index contributed by atoms with van der Waals surface area (Å²) in [5, 5.41) is 13.2. The third kappa shape index (κ3) is 3.87. The van der Waals surface area contributed by atoms with Crippen molar-refractivity contribution in [2.75, 3.05) is 10.4 Å². The maximum absolute atomic E-state index is 12.1. The quantitative estimate of drug-likeness (QED) is 0.506. The van der Waals surface area contributed by atoms with Crippen LogP contribution in [0.1, 0.15) is 6.92 Å². The van der Waals surface area contributed by atoms with Crippen LogP contribution in [0.5, 0.6) is 0 Å². The van der Waals surface area contributed by atoms with E-state index < -0.39 is 5.91 Å². The summed E-state index contributed by atoms with van der Waals surface area (Å²) in [6.07, 6.45) is 3.46. The Kier molecular flexibility index (Phi) is 4.63. The summed E-state index contributed by atoms with van der Waals surface area (Å²) in [6.45, 7) is 1.35. The van der Waals surface area contributed by atoms with Crippen molar-refractivity contribution in [3.8, 4) is 0 Å². The van der Waals surface area contributed by atoms with Gasteiger partial charge in [-0.2, -0.15) is 9.63 Å². The zero-order valence-electron chi connectivity index (χ0n) is 11.6. The lowest BCUT2D eigenvalue weighted by Gasteiger charge is -2.17. The number of amides is 2. The summed E-state index contributed by atoms with van der Waals surface area (Å²) in [6, 6.07) is 12.0. The Hall–Kier alpha value is -2.73. The molecule has 0 aliphatic carbocycles. The molecule has 0 atom stereocenters. The zero-order valence-corrected chi connectivity index (χ0v) is 11.6. The average molecular weight is 286 g/mol. The van der Waals surface area contributed by atoms with Gasteiger partial charge < -0.3 is 5.32 Å². The SMILES string of the molecule is CC(=O)Nc1ccccc1N(O)C(=O)C[n+]1ccccc1. The Bertz CT molecular complexity index is 644. The number of hydrogen-bond acceptors (Lipinski definition) is 3. The van der Waals surface area contributed by atoms with Gasteiger partial charge in [0.25, 0.3) is 0 Å². The number of carbonyl (C=O) groups excluding carboxylic acids is 2. The fourth-order valence-electron chi connectivity index (χ4n) is 1.85. The predicted molar refractivity (Wildman–Crippen MR) is 76.7 cm³/mol. The van der Waals surface area contributed by atoms with Crippen LogP contribution in [0.3, 0.4) is 0 Å². The topological polar surface area (TPSA) is 73.5 Å². The fourth-order valence-corrected chi connectivity index (χ4v) is 1.85. The number of benzene rings is 1. The Balaban J connectivity index is 2.17. The number of anilines is 2. The number of hydrogen-bond donors (Lipinski definition) is 2. The van der Waals surface area contributed by atoms with Gasteiger partial charge in [0.1, 0.15) is 0 Å². The van der Waals surface area contributed by atoms with E-state index >= 15 is 0 Å². The number of rotatable bonds is 4. The molecule has 6 nitrogen and oxygen atoms in total. The fraction of sp³-hybridized carbons (Fsp3) is 0.133. The molecule has 1 aromatic heterocycles. The highest BCUT2D eigenvalue weighted by Crippen LogP contribution is 2.24. The van der Waals surface area contributed by atoms with Gasteiger partial charge in [0, 0.05) is 19.1 Å². The summed E-state index contributed by atoms with van der Waals surface area (Å²) < 4.78 is 1.65. The minimum atomic E-state index is -0.510. The molecule has 2 N–H and O–H groups in total. The van der Waals surface area contributed by atoms with E-state index in [0.29, 0.717) is 10.8 Å². The molecule has 1 aromatic carbocycles. The summed E-state index contributed by atoms with van der Waals surface area (Å²) in [7, 11) is 0. The van der Waals surface area contributed by atoms with Crippen molar-refractivity contribution in [2.45, 2.75) is 13.5 Å². The van der Waals surface area contributed by atoms with Crippen molar-refractivity contribution < 1.29 is 19.4 Å². The molecule has 0 radical (unpaired) electrons. The Morgan fingerprint density at radius 2 is 1.81 bits per heavy atom. The maximum atomic E-state index is 12.1. The van der Waals surface area contributed by atoms with Crippen LogP contribution in [-0.2, 0) is 16.1 Å². The smallest absolute Gasteiger partial charge is 0.316 e. The van der Waals surface area contributed by atoms with Gasteiger partial charge >= 0.3 is 5.91 Å². The van der Waals surface area contributed by atoms with Gasteiger partial charge in [0.15, 0.2) is 12.4 Å². The van der Waals surface area contributed by atoms with Crippen LogP contribution in [0.15, 0.2) is 54.9 Å². The Morgan fingerprint density at radius 1 is 1.14 bits per heavy atom. The third-order valence-corrected chi connectivity index (χ3v) is 2.77. The number of nitrogens with zero attached hydrogens (tertiary/aromatic N) is 2. The molecule has 21 heavy (non-hydrogen) atoms. The summed E-state index contributed by atoms with van der Waals surface area (Å²) >= 11 is 0. The van der Waals surface area contributed by atoms with Gasteiger partial charge in [-0.25, -0.2) is 0 Å². The highest BCUT2D eigenvalue weighted by atomic mass is 16.5. The second-order valence-corrected chi connectivity index (χ2v) is 4.45. The minimum absolute atomic E-state index is 0.00819. The second kappa shape index (κ2) is 6.62. The molecule has 0 fully saturated rings. The van der Waals surface area contributed by atoms with E-state index in [4.69, 9.17) is 0 Å². The Labute approximate surface area is 122 Å². The molecule has 6 heteroatoms. The standard InChI is InChI=1S/C15H15N3O3/c1-12(19)16-13-7-3-4-8-14(13)18(21)15(20)11-17-9-5-2-6-10-17/h2-10,21H,11H2,1H3/p+1. The largest absolute Gasteiger partial charge is 0.324 e. The lowest BCUT2D eigenvalue weighted by atomic mass is 10.2. The van der Waals surface area contributed by atoms with Crippen LogP contribution in [0, 0.1) is 0 Å². The molecule has 0 saturated carbocycles. The molecule has 0 aliphatic rings. The van der Waals surface area contributed by atoms with E-state index in [1.807, 2.05) is 6.07 Å². The number of pyridine rings is 1. The number of nitrogens with one attached hydrogen (secondary N) is 1. The van der Waals surface area contributed by atoms with Crippen molar-refractivity contribution in [3.63, 3.8) is 0 Å². The first-order valence-corrected chi connectivity index (χ1v) is 6.40. The third-order valence-electron chi connectivity index (χ3n) is 2.77. The molecule has 2 amide bonds. The Morgan fingerprint density at radius 3 is 2.48 bits per heavy atom. The normalized spacial score (nSPS) is 10.0. The molecule has 0 aliphatic heterocycles. The van der Waals surface area contributed by atoms with E-state index in [1.54, 1.807) is 53.4 Å². The molecule has 0 bridgehead atoms. The number of aromatic nitrogens is 1. The van der Waals surface area contributed by atoms with Gasteiger partial charge in [0.05, 0.1) is 11.4 Å². The van der Waals surface area contributed by atoms with Gasteiger partial charge in [-0.05, 0) is 12.1 Å². The minimum Gasteiger partial charge on any atom is -0.324 e. The second-order valence-electron chi connectivity index (χ2n) is 4.45. The van der Waals surface area contributed by atoms with Crippen LogP contribution >= 0.6 is 0 Å². The molecule has 0 unspecified atom stereocenters. The zero-order chi connectivity index (χ0) is 15.2. The van der Waals surface area contributed by atoms with Gasteiger partial charge in [0.2, 0.25) is 12.5 Å². The molecule has 2 aromatic rings. The van der Waals surface area contributed by atoms with E-state index in [-0.39, 0.29) is 18.1 Å². The monoisotopic (exact) mass is 286 g/mol. The van der Waals surface area contributed by atoms with Crippen LogP contribution < -0.4 is 14.9 Å². The molecule has 0 spiro atoms. The highest BCUT2D eigenvalue weighted by molar-refractivity contribution is 5.98. The van der Waals surface area contributed by atoms with E-state index in [0.717, 1.165) is 0 Å². The summed E-state index contributed by atoms with van der Waals surface area (Å²) in [4.78, 5) is 23.2. The summed E-state index contributed by atoms with van der Waals surface area (Å²) in [5.74, 6) is -0.787. The van der Waals surface area contributed by atoms with Crippen molar-refractivity contribution in [3.05, 3.63) is 54.9 Å². The molecular weight excluding hydrogens is 270 g/mol. The van der Waals surface area contributed by atoms with Crippen LogP contribution in [-0.4, -0.2) is 17.0 Å². The average Bonchev–Trinajstić information content (AvgIpc) is 2.47. The lowest BCUT2D eigenvalue weighted by molar-refractivity contribution is -0.684. The van der Waals surface area contributed by atoms with Crippen molar-refractivity contribution in [1.82, 2.24) is 0 Å². The number of hydroxylamine groups is 1. The van der Waals surface area contributed by atoms with Crippen molar-refractivity contribution >= 4 is 23.2 Å². The van der Waals surface area contributed by atoms with E-state index in [9.17, 15) is 14.8 Å². The number of carbonyl (C=O) groups is 2. The molecule has 108 valence electrons. The lowest BCUT2D eigenvalue weighted by Crippen LogP contribution is -2.43. The maximum Gasteiger partial charge on any atom is 0.316 e. The van der Waals surface area contributed by atoms with Crippen molar-refractivity contribution in [1.29, 1.82) is 0 Å². The first-order chi connectivity index (χ1) is 10.1. The molecular formula is C15H16N3O3+. The van der Waals surface area contributed by atoms with Gasteiger partial charge in [-0.15, -0.1) is 0 Å². The van der Waals surface area contributed by atoms with Gasteiger partial charge in [-0.1, -0.05) is 18.2 Å².